The predicted molar refractivity (Wildman–Crippen MR) is 100 cm³/mol. The van der Waals surface area contributed by atoms with E-state index < -0.39 is 5.91 Å². The van der Waals surface area contributed by atoms with E-state index in [1.807, 2.05) is 54.6 Å². The van der Waals surface area contributed by atoms with Crippen molar-refractivity contribution in [1.29, 1.82) is 0 Å². The maximum Gasteiger partial charge on any atom is 0.307 e. The van der Waals surface area contributed by atoms with E-state index in [-0.39, 0.29) is 12.4 Å². The number of carbonyl (C=O) groups excluding carboxylic acids is 1. The lowest BCUT2D eigenvalue weighted by Gasteiger charge is -2.18. The SMILES string of the molecule is O=C(NN=C1CCOc2ccccc21)c1ccc(COc2ccccc2)o1. The molecule has 1 aliphatic rings. The third kappa shape index (κ3) is 4.00. The van der Waals surface area contributed by atoms with Crippen molar-refractivity contribution in [2.75, 3.05) is 6.61 Å². The number of ether oxygens (including phenoxy) is 2. The summed E-state index contributed by atoms with van der Waals surface area (Å²) in [6.45, 7) is 0.782. The van der Waals surface area contributed by atoms with Crippen LogP contribution < -0.4 is 14.9 Å². The molecule has 1 aromatic heterocycles. The molecule has 0 aliphatic carbocycles. The van der Waals surface area contributed by atoms with E-state index in [4.69, 9.17) is 13.9 Å². The third-order valence-corrected chi connectivity index (χ3v) is 4.10. The Labute approximate surface area is 156 Å². The van der Waals surface area contributed by atoms with Crippen molar-refractivity contribution in [3.05, 3.63) is 83.8 Å². The Morgan fingerprint density at radius 1 is 1.04 bits per heavy atom. The van der Waals surface area contributed by atoms with E-state index in [9.17, 15) is 4.79 Å². The number of nitrogens with zero attached hydrogens (tertiary/aromatic N) is 1. The number of carbonyl (C=O) groups is 1. The van der Waals surface area contributed by atoms with Crippen molar-refractivity contribution in [3.8, 4) is 11.5 Å². The van der Waals surface area contributed by atoms with Crippen molar-refractivity contribution in [2.24, 2.45) is 5.10 Å². The standard InChI is InChI=1S/C21H18N2O4/c24-21(23-22-18-12-13-25-19-9-5-4-8-17(18)19)20-11-10-16(27-20)14-26-15-6-2-1-3-7-15/h1-11H,12-14H2,(H,23,24). The Hall–Kier alpha value is -3.54. The summed E-state index contributed by atoms with van der Waals surface area (Å²) >= 11 is 0. The Balaban J connectivity index is 1.39. The van der Waals surface area contributed by atoms with E-state index in [1.165, 1.54) is 0 Å². The molecule has 0 spiro atoms. The van der Waals surface area contributed by atoms with Crippen molar-refractivity contribution in [2.45, 2.75) is 13.0 Å². The average molecular weight is 362 g/mol. The second-order valence-corrected chi connectivity index (χ2v) is 5.96. The van der Waals surface area contributed by atoms with Crippen molar-refractivity contribution < 1.29 is 18.7 Å². The molecule has 2 aromatic carbocycles. The van der Waals surface area contributed by atoms with Crippen LogP contribution in [0.2, 0.25) is 0 Å². The van der Waals surface area contributed by atoms with Gasteiger partial charge in [0.1, 0.15) is 23.9 Å². The maximum absolute atomic E-state index is 12.3. The largest absolute Gasteiger partial charge is 0.492 e. The highest BCUT2D eigenvalue weighted by molar-refractivity contribution is 6.04. The molecule has 27 heavy (non-hydrogen) atoms. The fourth-order valence-electron chi connectivity index (χ4n) is 2.76. The average Bonchev–Trinajstić information content (AvgIpc) is 3.20. The van der Waals surface area contributed by atoms with Gasteiger partial charge in [0, 0.05) is 12.0 Å². The van der Waals surface area contributed by atoms with Gasteiger partial charge in [0.15, 0.2) is 5.76 Å². The molecule has 3 aromatic rings. The van der Waals surface area contributed by atoms with Gasteiger partial charge in [0.2, 0.25) is 0 Å². The summed E-state index contributed by atoms with van der Waals surface area (Å²) in [7, 11) is 0. The molecule has 1 amide bonds. The van der Waals surface area contributed by atoms with Gasteiger partial charge < -0.3 is 13.9 Å². The first-order valence-electron chi connectivity index (χ1n) is 8.65. The van der Waals surface area contributed by atoms with Gasteiger partial charge in [-0.15, -0.1) is 0 Å². The molecule has 1 aliphatic heterocycles. The molecule has 0 bridgehead atoms. The minimum absolute atomic E-state index is 0.186. The van der Waals surface area contributed by atoms with Crippen LogP contribution in [0, 0.1) is 0 Å². The minimum atomic E-state index is -0.405. The van der Waals surface area contributed by atoms with E-state index in [0.717, 1.165) is 22.8 Å². The quantitative estimate of drug-likeness (QED) is 0.701. The lowest BCUT2D eigenvalue weighted by molar-refractivity contribution is 0.0923. The van der Waals surface area contributed by atoms with Crippen LogP contribution in [0.15, 0.2) is 76.2 Å². The highest BCUT2D eigenvalue weighted by Crippen LogP contribution is 2.24. The number of furan rings is 1. The molecule has 1 N–H and O–H groups in total. The van der Waals surface area contributed by atoms with Crippen LogP contribution in [0.5, 0.6) is 11.5 Å². The lowest BCUT2D eigenvalue weighted by Crippen LogP contribution is -2.23. The van der Waals surface area contributed by atoms with Gasteiger partial charge in [-0.1, -0.05) is 30.3 Å². The van der Waals surface area contributed by atoms with E-state index in [1.54, 1.807) is 12.1 Å². The number of hydrogen-bond donors (Lipinski definition) is 1. The number of rotatable bonds is 5. The van der Waals surface area contributed by atoms with Gasteiger partial charge in [0.25, 0.3) is 0 Å². The predicted octanol–water partition coefficient (Wildman–Crippen LogP) is 3.78. The molecule has 0 saturated carbocycles. The zero-order valence-electron chi connectivity index (χ0n) is 14.6. The molecular formula is C21H18N2O4. The van der Waals surface area contributed by atoms with Gasteiger partial charge in [-0.2, -0.15) is 5.10 Å². The molecule has 0 atom stereocenters. The monoisotopic (exact) mass is 362 g/mol. The molecule has 6 heteroatoms. The van der Waals surface area contributed by atoms with Crippen LogP contribution >= 0.6 is 0 Å². The smallest absolute Gasteiger partial charge is 0.307 e. The molecule has 136 valence electrons. The highest BCUT2D eigenvalue weighted by Gasteiger charge is 2.17. The van der Waals surface area contributed by atoms with Crippen molar-refractivity contribution in [3.63, 3.8) is 0 Å². The van der Waals surface area contributed by atoms with Crippen LogP contribution in [0.1, 0.15) is 28.3 Å². The summed E-state index contributed by atoms with van der Waals surface area (Å²) < 4.78 is 16.7. The van der Waals surface area contributed by atoms with Gasteiger partial charge in [0.05, 0.1) is 12.3 Å². The molecular weight excluding hydrogens is 344 g/mol. The summed E-state index contributed by atoms with van der Waals surface area (Å²) in [6, 6.07) is 20.4. The Morgan fingerprint density at radius 3 is 2.74 bits per heavy atom. The van der Waals surface area contributed by atoms with Crippen molar-refractivity contribution in [1.82, 2.24) is 5.43 Å². The highest BCUT2D eigenvalue weighted by atomic mass is 16.5. The Kier molecular flexibility index (Phi) is 4.87. The molecule has 4 rings (SSSR count). The van der Waals surface area contributed by atoms with E-state index in [0.29, 0.717) is 18.8 Å². The number of fused-ring (bicyclic) bond motifs is 1. The zero-order chi connectivity index (χ0) is 18.5. The van der Waals surface area contributed by atoms with E-state index >= 15 is 0 Å². The van der Waals surface area contributed by atoms with Gasteiger partial charge in [-0.25, -0.2) is 5.43 Å². The summed E-state index contributed by atoms with van der Waals surface area (Å²) in [4.78, 5) is 12.3. The van der Waals surface area contributed by atoms with Crippen LogP contribution in [-0.2, 0) is 6.61 Å². The summed E-state index contributed by atoms with van der Waals surface area (Å²) in [5.74, 6) is 1.86. The van der Waals surface area contributed by atoms with Crippen LogP contribution in [0.3, 0.4) is 0 Å². The number of nitrogens with one attached hydrogen (secondary N) is 1. The molecule has 0 unspecified atom stereocenters. The fourth-order valence-corrected chi connectivity index (χ4v) is 2.76. The summed E-state index contributed by atoms with van der Waals surface area (Å²) in [5.41, 5.74) is 4.23. The third-order valence-electron chi connectivity index (χ3n) is 4.10. The molecule has 0 saturated heterocycles. The number of hydrazone groups is 1. The first kappa shape index (κ1) is 16.9. The summed E-state index contributed by atoms with van der Waals surface area (Å²) in [5, 5.41) is 4.25. The Bertz CT molecular complexity index is 963. The first-order valence-corrected chi connectivity index (χ1v) is 8.65. The van der Waals surface area contributed by atoms with Gasteiger partial charge in [-0.05, 0) is 36.4 Å². The Morgan fingerprint density at radius 2 is 1.85 bits per heavy atom. The number of amides is 1. The van der Waals surface area contributed by atoms with Gasteiger partial charge in [-0.3, -0.25) is 4.79 Å². The van der Waals surface area contributed by atoms with Crippen LogP contribution in [0.25, 0.3) is 0 Å². The molecule has 0 fully saturated rings. The second kappa shape index (κ2) is 7.78. The number of hydrogen-bond acceptors (Lipinski definition) is 5. The second-order valence-electron chi connectivity index (χ2n) is 5.96. The topological polar surface area (TPSA) is 73.1 Å². The first-order chi connectivity index (χ1) is 13.3. The normalized spacial score (nSPS) is 14.3. The number of benzene rings is 2. The summed E-state index contributed by atoms with van der Waals surface area (Å²) in [6.07, 6.45) is 0.631. The zero-order valence-corrected chi connectivity index (χ0v) is 14.6. The minimum Gasteiger partial charge on any atom is -0.492 e. The number of para-hydroxylation sites is 2. The molecule has 0 radical (unpaired) electrons. The lowest BCUT2D eigenvalue weighted by atomic mass is 10.0. The fraction of sp³-hybridized carbons (Fsp3) is 0.143. The maximum atomic E-state index is 12.3. The van der Waals surface area contributed by atoms with E-state index in [2.05, 4.69) is 10.5 Å². The van der Waals surface area contributed by atoms with Crippen LogP contribution in [0.4, 0.5) is 0 Å². The van der Waals surface area contributed by atoms with Crippen molar-refractivity contribution >= 4 is 11.6 Å². The van der Waals surface area contributed by atoms with Crippen LogP contribution in [-0.4, -0.2) is 18.2 Å². The molecule has 2 heterocycles. The van der Waals surface area contributed by atoms with Gasteiger partial charge >= 0.3 is 5.91 Å². The molecule has 6 nitrogen and oxygen atoms in total.